The Balaban J connectivity index is 0.00000182. The third kappa shape index (κ3) is 8.28. The summed E-state index contributed by atoms with van der Waals surface area (Å²) in [7, 11) is 4.56. The molecule has 1 saturated carbocycles. The third-order valence-electron chi connectivity index (χ3n) is 13.8. The van der Waals surface area contributed by atoms with Gasteiger partial charge in [-0.3, -0.25) is 14.4 Å². The number of fused-ring (bicyclic) bond motifs is 6. The van der Waals surface area contributed by atoms with Gasteiger partial charge in [0.05, 0.1) is 43.0 Å². The van der Waals surface area contributed by atoms with Crippen molar-refractivity contribution in [3.63, 3.8) is 0 Å². The number of likely N-dealkylation sites (tertiary alicyclic amines) is 2. The molecule has 9 rings (SSSR count). The van der Waals surface area contributed by atoms with Crippen LogP contribution in [0.4, 0.5) is 4.79 Å². The molecule has 2 bridgehead atoms. The summed E-state index contributed by atoms with van der Waals surface area (Å²) in [5, 5.41) is 7.77. The first-order chi connectivity index (χ1) is 31.0. The van der Waals surface area contributed by atoms with Gasteiger partial charge in [-0.1, -0.05) is 76.2 Å². The lowest BCUT2D eigenvalue weighted by Crippen LogP contribution is -2.51. The number of H-pyrrole nitrogens is 2. The van der Waals surface area contributed by atoms with Crippen LogP contribution < -0.4 is 10.6 Å². The molecule has 3 aromatic carbocycles. The number of nitrogens with zero attached hydrogens (tertiary/aromatic N) is 4. The molecule has 4 heterocycles. The molecular weight excluding hydrogens is 809 g/mol. The highest BCUT2D eigenvalue weighted by atomic mass is 16.5. The molecule has 4 aliphatic rings. The van der Waals surface area contributed by atoms with E-state index in [4.69, 9.17) is 14.7 Å². The predicted octanol–water partition coefficient (Wildman–Crippen LogP) is 8.39. The van der Waals surface area contributed by atoms with E-state index in [9.17, 15) is 19.2 Å². The van der Waals surface area contributed by atoms with Crippen molar-refractivity contribution >= 4 is 35.1 Å². The maximum atomic E-state index is 13.8. The fourth-order valence-corrected chi connectivity index (χ4v) is 10.9. The molecular formula is C50H62N8O6. The van der Waals surface area contributed by atoms with E-state index in [1.165, 1.54) is 53.2 Å². The first kappa shape index (κ1) is 44.6. The van der Waals surface area contributed by atoms with E-state index in [0.717, 1.165) is 66.1 Å². The first-order valence-corrected chi connectivity index (χ1v) is 22.8. The van der Waals surface area contributed by atoms with E-state index in [2.05, 4.69) is 73.9 Å². The van der Waals surface area contributed by atoms with Crippen LogP contribution in [0.5, 0.6) is 0 Å². The van der Waals surface area contributed by atoms with Crippen molar-refractivity contribution < 1.29 is 28.7 Å². The number of imidazole rings is 2. The normalized spacial score (nSPS) is 20.9. The molecule has 2 saturated heterocycles. The molecule has 338 valence electrons. The Bertz CT molecular complexity index is 2510. The molecule has 14 heteroatoms. The summed E-state index contributed by atoms with van der Waals surface area (Å²) >= 11 is 0. The van der Waals surface area contributed by atoms with Crippen molar-refractivity contribution in [2.45, 2.75) is 109 Å². The van der Waals surface area contributed by atoms with Crippen LogP contribution >= 0.6 is 0 Å². The SMILES string of the molecule is COC.COC(=O)NC(C(=O)N1CCCC1c1ncc(-c2ccc(-c3ccc(-c4cnc(C5CCCN5C(=O)C(NC=O)C(C)C)[nH]4)c4ccccc34)c3c2C2CCC3C2)[nH]1)C(C)C. The van der Waals surface area contributed by atoms with Crippen LogP contribution in [0.1, 0.15) is 119 Å². The Morgan fingerprint density at radius 3 is 1.72 bits per heavy atom. The van der Waals surface area contributed by atoms with Crippen LogP contribution in [0.3, 0.4) is 0 Å². The Kier molecular flexibility index (Phi) is 13.2. The highest BCUT2D eigenvalue weighted by Crippen LogP contribution is 2.58. The smallest absolute Gasteiger partial charge is 0.407 e. The molecule has 3 fully saturated rings. The number of methoxy groups -OCH3 is 2. The topological polar surface area (TPSA) is 175 Å². The van der Waals surface area contributed by atoms with Gasteiger partial charge >= 0.3 is 6.09 Å². The van der Waals surface area contributed by atoms with E-state index in [1.807, 2.05) is 49.9 Å². The van der Waals surface area contributed by atoms with Crippen molar-refractivity contribution in [3.8, 4) is 33.6 Å². The molecule has 4 amide bonds. The van der Waals surface area contributed by atoms with Crippen LogP contribution in [0.25, 0.3) is 44.4 Å². The van der Waals surface area contributed by atoms with E-state index < -0.39 is 18.2 Å². The lowest BCUT2D eigenvalue weighted by atomic mass is 9.81. The van der Waals surface area contributed by atoms with Gasteiger partial charge in [0.1, 0.15) is 23.7 Å². The van der Waals surface area contributed by atoms with Gasteiger partial charge in [0, 0.05) is 38.4 Å². The monoisotopic (exact) mass is 870 g/mol. The van der Waals surface area contributed by atoms with Gasteiger partial charge in [0.25, 0.3) is 0 Å². The molecule has 2 aliphatic carbocycles. The largest absolute Gasteiger partial charge is 0.453 e. The van der Waals surface area contributed by atoms with Gasteiger partial charge in [-0.2, -0.15) is 0 Å². The number of rotatable bonds is 12. The lowest BCUT2D eigenvalue weighted by molar-refractivity contribution is -0.137. The average molecular weight is 871 g/mol. The molecule has 4 N–H and O–H groups in total. The van der Waals surface area contributed by atoms with Crippen LogP contribution in [0.15, 0.2) is 60.9 Å². The molecule has 2 aliphatic heterocycles. The summed E-state index contributed by atoms with van der Waals surface area (Å²) < 4.78 is 9.08. The van der Waals surface area contributed by atoms with Gasteiger partial charge in [0.15, 0.2) is 0 Å². The number of ether oxygens (including phenoxy) is 2. The van der Waals surface area contributed by atoms with Crippen molar-refractivity contribution in [1.29, 1.82) is 0 Å². The number of amides is 4. The lowest BCUT2D eigenvalue weighted by Gasteiger charge is -2.30. The fourth-order valence-electron chi connectivity index (χ4n) is 10.9. The summed E-state index contributed by atoms with van der Waals surface area (Å²) in [5.74, 6) is 2.16. The van der Waals surface area contributed by atoms with Gasteiger partial charge in [0.2, 0.25) is 18.2 Å². The van der Waals surface area contributed by atoms with Crippen LogP contribution in [0.2, 0.25) is 0 Å². The standard InChI is InChI=1S/C48H56N8O5.C2H6O/c1-26(2)42(51-25-57)46(58)55-20-8-12-38(55)44-49-23-36(52-44)33-17-16-32(30-10-6-7-11-31(30)33)34-18-19-35(41-29-15-14-28(22-29)40(34)41)37-24-50-45(53-37)39-13-9-21-56(39)47(59)43(27(3)4)54-48(60)61-5;1-3-2/h6-7,10-11,16-19,23-29,38-39,42-43H,8-9,12-15,20-22H2,1-5H3,(H,49,52)(H,50,53)(H,51,57)(H,54,60);1-2H3. The molecule has 2 aromatic heterocycles. The molecule has 6 atom stereocenters. The Hall–Kier alpha value is -6.02. The summed E-state index contributed by atoms with van der Waals surface area (Å²) in [6.45, 7) is 8.97. The van der Waals surface area contributed by atoms with Crippen LogP contribution in [-0.4, -0.2) is 101 Å². The molecule has 64 heavy (non-hydrogen) atoms. The van der Waals surface area contributed by atoms with Crippen molar-refractivity contribution in [3.05, 3.63) is 83.7 Å². The number of alkyl carbamates (subject to hydrolysis) is 1. The van der Waals surface area contributed by atoms with Crippen molar-refractivity contribution in [1.82, 2.24) is 40.4 Å². The average Bonchev–Trinajstić information content (AvgIpc) is 4.16. The molecule has 14 nitrogen and oxygen atoms in total. The van der Waals surface area contributed by atoms with Gasteiger partial charge in [-0.25, -0.2) is 14.8 Å². The molecule has 0 radical (unpaired) electrons. The second-order valence-electron chi connectivity index (χ2n) is 18.4. The summed E-state index contributed by atoms with van der Waals surface area (Å²) in [6.07, 6.45) is 10.6. The van der Waals surface area contributed by atoms with Gasteiger partial charge in [-0.05, 0) is 102 Å². The number of aromatic amines is 2. The second kappa shape index (κ2) is 19.0. The number of aromatic nitrogens is 4. The van der Waals surface area contributed by atoms with Crippen LogP contribution in [0, 0.1) is 11.8 Å². The number of nitrogens with one attached hydrogen (secondary N) is 4. The minimum Gasteiger partial charge on any atom is -0.453 e. The number of benzene rings is 3. The number of hydrogen-bond acceptors (Lipinski definition) is 8. The summed E-state index contributed by atoms with van der Waals surface area (Å²) in [6, 6.07) is 15.9. The van der Waals surface area contributed by atoms with E-state index in [-0.39, 0.29) is 35.7 Å². The Morgan fingerprint density at radius 2 is 1.17 bits per heavy atom. The van der Waals surface area contributed by atoms with Gasteiger partial charge in [-0.15, -0.1) is 0 Å². The summed E-state index contributed by atoms with van der Waals surface area (Å²) in [5.41, 5.74) is 9.43. The van der Waals surface area contributed by atoms with Crippen molar-refractivity contribution in [2.24, 2.45) is 11.8 Å². The van der Waals surface area contributed by atoms with E-state index in [0.29, 0.717) is 31.3 Å². The predicted molar refractivity (Wildman–Crippen MR) is 246 cm³/mol. The summed E-state index contributed by atoms with van der Waals surface area (Å²) in [4.78, 5) is 71.6. The maximum absolute atomic E-state index is 13.8. The minimum atomic E-state index is -0.688. The molecule has 6 unspecified atom stereocenters. The highest BCUT2D eigenvalue weighted by Gasteiger charge is 2.42. The zero-order valence-electron chi connectivity index (χ0n) is 38.1. The number of hydrogen-bond donors (Lipinski definition) is 4. The quantitative estimate of drug-likeness (QED) is 0.0905. The third-order valence-corrected chi connectivity index (χ3v) is 13.8. The highest BCUT2D eigenvalue weighted by molar-refractivity contribution is 6.05. The zero-order valence-corrected chi connectivity index (χ0v) is 38.1. The fraction of sp³-hybridized carbons (Fsp3) is 0.480. The number of carbonyl (C=O) groups is 4. The van der Waals surface area contributed by atoms with Gasteiger partial charge < -0.3 is 39.9 Å². The Morgan fingerprint density at radius 1 is 0.688 bits per heavy atom. The first-order valence-electron chi connectivity index (χ1n) is 22.8. The zero-order chi connectivity index (χ0) is 45.2. The maximum Gasteiger partial charge on any atom is 0.407 e. The minimum absolute atomic E-state index is 0.0311. The second-order valence-corrected chi connectivity index (χ2v) is 18.4. The van der Waals surface area contributed by atoms with E-state index in [1.54, 1.807) is 14.2 Å². The number of carbonyl (C=O) groups excluding carboxylic acids is 4. The molecule has 5 aromatic rings. The van der Waals surface area contributed by atoms with Crippen LogP contribution in [-0.2, 0) is 23.9 Å². The van der Waals surface area contributed by atoms with Crippen molar-refractivity contribution in [2.75, 3.05) is 34.4 Å². The molecule has 0 spiro atoms. The Labute approximate surface area is 375 Å². The van der Waals surface area contributed by atoms with E-state index >= 15 is 0 Å².